The molecule has 1 aromatic carbocycles. The van der Waals surface area contributed by atoms with Gasteiger partial charge in [-0.3, -0.25) is 0 Å². The maximum atomic E-state index is 10.2. The van der Waals surface area contributed by atoms with Crippen molar-refractivity contribution in [2.75, 3.05) is 0 Å². The van der Waals surface area contributed by atoms with E-state index in [2.05, 4.69) is 0 Å². The van der Waals surface area contributed by atoms with E-state index in [4.69, 9.17) is 13.0 Å². The maximum absolute atomic E-state index is 10.2. The first-order valence-corrected chi connectivity index (χ1v) is 3.74. The third-order valence-corrected chi connectivity index (χ3v) is 1.61. The third kappa shape index (κ3) is 5.34. The van der Waals surface area contributed by atoms with Crippen molar-refractivity contribution in [1.29, 1.82) is 0 Å². The molecule has 3 N–H and O–H groups in total. The number of hydrogen-bond acceptors (Lipinski definition) is 3. The Kier molecular flexibility index (Phi) is 7.70. The number of carboxylic acid groups (broad SMARTS) is 1. The molecule has 0 spiro atoms. The van der Waals surface area contributed by atoms with Crippen LogP contribution < -0.4 is 5.46 Å². The van der Waals surface area contributed by atoms with E-state index in [9.17, 15) is 4.79 Å². The van der Waals surface area contributed by atoms with Crippen molar-refractivity contribution < 1.29 is 20.9 Å². The minimum atomic E-state index is -0.771. The van der Waals surface area contributed by atoms with Crippen LogP contribution in [0.15, 0.2) is 24.3 Å². The molecule has 0 aromatic heterocycles. The smallest absolute Gasteiger partial charge is 0.870 e. The van der Waals surface area contributed by atoms with E-state index >= 15 is 0 Å². The van der Waals surface area contributed by atoms with Gasteiger partial charge < -0.3 is 11.0 Å². The van der Waals surface area contributed by atoms with E-state index < -0.39 is 5.97 Å². The summed E-state index contributed by atoms with van der Waals surface area (Å²) in [6.07, 6.45) is 0.736. The van der Waals surface area contributed by atoms with Gasteiger partial charge in [0.25, 0.3) is 0 Å². The molecule has 5 heteroatoms. The molecule has 0 saturated heterocycles. The van der Waals surface area contributed by atoms with Gasteiger partial charge in [0.05, 0.1) is 0 Å². The molecule has 0 radical (unpaired) electrons. The first-order valence-electron chi connectivity index (χ1n) is 3.74. The maximum Gasteiger partial charge on any atom is -0.870 e. The molecule has 74 valence electrons. The van der Waals surface area contributed by atoms with Crippen LogP contribution in [-0.2, 0) is 11.2 Å². The summed E-state index contributed by atoms with van der Waals surface area (Å²) in [5, 5.41) is 8.40. The van der Waals surface area contributed by atoms with Gasteiger partial charge in [0.15, 0.2) is 0 Å². The normalized spacial score (nSPS) is 8.43. The molecule has 0 bridgehead atoms. The molecule has 14 heavy (non-hydrogen) atoms. The molecule has 0 atom stereocenters. The van der Waals surface area contributed by atoms with Crippen LogP contribution in [0.25, 0.3) is 0 Å². The summed E-state index contributed by atoms with van der Waals surface area (Å²) in [5.41, 5.74) is 1.71. The summed E-state index contributed by atoms with van der Waals surface area (Å²) in [6, 6.07) is 7.24. The number of benzene rings is 1. The van der Waals surface area contributed by atoms with Crippen LogP contribution >= 0.6 is 0 Å². The second kappa shape index (κ2) is 7.11. The summed E-state index contributed by atoms with van der Waals surface area (Å²) in [5.74, 6) is -0.771. The van der Waals surface area contributed by atoms with Crippen molar-refractivity contribution in [3.63, 3.8) is 0 Å². The van der Waals surface area contributed by atoms with Gasteiger partial charge in [-0.25, -0.2) is 0 Å². The Morgan fingerprint density at radius 1 is 1.21 bits per heavy atom. The number of aliphatic carboxylic acids is 1. The van der Waals surface area contributed by atoms with Crippen molar-refractivity contribution in [2.45, 2.75) is 12.8 Å². The molecule has 1 rings (SSSR count). The molecular formula is C9H11BO4. The topological polar surface area (TPSA) is 97.3 Å². The predicted octanol–water partition coefficient (Wildman–Crippen LogP) is 0.144. The number of hydrogen-bond donors (Lipinski definition) is 1. The second-order valence-corrected chi connectivity index (χ2v) is 2.64. The van der Waals surface area contributed by atoms with Gasteiger partial charge in [0.1, 0.15) is 0 Å². The van der Waals surface area contributed by atoms with Crippen LogP contribution in [0, 0.1) is 0 Å². The minimum Gasteiger partial charge on any atom is -0.870 e. The first-order chi connectivity index (χ1) is 5.68. The van der Waals surface area contributed by atoms with E-state index in [0.29, 0.717) is 11.9 Å². The molecule has 1 aromatic rings. The first kappa shape index (κ1) is 15.2. The van der Waals surface area contributed by atoms with Gasteiger partial charge in [-0.2, -0.15) is 0 Å². The standard InChI is InChI=1S/C9H9BO2.2H2O/c10-8-4-1-7(2-5-8)3-6-9(11)12;;/h1-2,4-5H,3,6H2,(H,11,12);2*1H2/q+2;;/p-2. The fourth-order valence-corrected chi connectivity index (χ4v) is 0.936. The molecule has 0 amide bonds. The fraction of sp³-hybridized carbons (Fsp3) is 0.222. The van der Waals surface area contributed by atoms with Gasteiger partial charge in [-0.05, 0) is 0 Å². The Morgan fingerprint density at radius 2 is 1.71 bits per heavy atom. The summed E-state index contributed by atoms with van der Waals surface area (Å²) < 4.78 is 0. The zero-order valence-electron chi connectivity index (χ0n) is 7.55. The zero-order chi connectivity index (χ0) is 8.97. The van der Waals surface area contributed by atoms with E-state index in [1.54, 1.807) is 12.1 Å². The zero-order valence-corrected chi connectivity index (χ0v) is 7.55. The van der Waals surface area contributed by atoms with Crippen LogP contribution in [-0.4, -0.2) is 29.9 Å². The summed E-state index contributed by atoms with van der Waals surface area (Å²) in [4.78, 5) is 10.2. The molecule has 0 heterocycles. The number of rotatable bonds is 3. The number of carboxylic acids is 1. The van der Waals surface area contributed by atoms with Crippen molar-refractivity contribution in [3.05, 3.63) is 29.8 Å². The Bertz CT molecular complexity index is 271. The summed E-state index contributed by atoms with van der Waals surface area (Å²) in [6.45, 7) is 0. The fourth-order valence-electron chi connectivity index (χ4n) is 0.936. The predicted molar refractivity (Wildman–Crippen MR) is 51.7 cm³/mol. The Balaban J connectivity index is 0. The van der Waals surface area contributed by atoms with Crippen LogP contribution in [0.5, 0.6) is 0 Å². The Morgan fingerprint density at radius 3 is 2.14 bits per heavy atom. The van der Waals surface area contributed by atoms with Gasteiger partial charge >= 0.3 is 71.9 Å². The van der Waals surface area contributed by atoms with Crippen molar-refractivity contribution in [2.24, 2.45) is 0 Å². The van der Waals surface area contributed by atoms with Crippen molar-refractivity contribution in [1.82, 2.24) is 0 Å². The minimum absolute atomic E-state index is 0. The Labute approximate surface area is 83.6 Å². The molecule has 0 unspecified atom stereocenters. The third-order valence-electron chi connectivity index (χ3n) is 1.61. The van der Waals surface area contributed by atoms with Crippen molar-refractivity contribution in [3.8, 4) is 0 Å². The molecule has 0 aliphatic rings. The van der Waals surface area contributed by atoms with Gasteiger partial charge in [-0.1, -0.05) is 0 Å². The number of aryl methyl sites for hydroxylation is 1. The monoisotopic (exact) mass is 194 g/mol. The molecule has 0 fully saturated rings. The van der Waals surface area contributed by atoms with E-state index in [0.717, 1.165) is 5.56 Å². The van der Waals surface area contributed by atoms with E-state index in [1.165, 1.54) is 0 Å². The SMILES string of the molecule is [B+2]c1ccc(CCC(=O)O)cc1.[OH-].[OH-]. The van der Waals surface area contributed by atoms with Gasteiger partial charge in [0, 0.05) is 0 Å². The van der Waals surface area contributed by atoms with Crippen LogP contribution in [0.1, 0.15) is 12.0 Å². The van der Waals surface area contributed by atoms with Crippen LogP contribution in [0.2, 0.25) is 0 Å². The van der Waals surface area contributed by atoms with Crippen LogP contribution in [0.3, 0.4) is 0 Å². The molecule has 0 saturated carbocycles. The molecule has 4 nitrogen and oxygen atoms in total. The number of carbonyl (C=O) groups is 1. The van der Waals surface area contributed by atoms with Gasteiger partial charge in [-0.15, -0.1) is 0 Å². The summed E-state index contributed by atoms with van der Waals surface area (Å²) >= 11 is 0. The summed E-state index contributed by atoms with van der Waals surface area (Å²) in [7, 11) is 5.47. The average Bonchev–Trinajstić information content (AvgIpc) is 2.03. The molecule has 0 aliphatic heterocycles. The van der Waals surface area contributed by atoms with Gasteiger partial charge in [0.2, 0.25) is 0 Å². The molecule has 0 aliphatic carbocycles. The quantitative estimate of drug-likeness (QED) is 0.692. The largest absolute Gasteiger partial charge is 0.870 e. The van der Waals surface area contributed by atoms with E-state index in [1.807, 2.05) is 12.1 Å². The average molecular weight is 194 g/mol. The Hall–Kier alpha value is -1.33. The van der Waals surface area contributed by atoms with Crippen molar-refractivity contribution >= 4 is 19.3 Å². The molecular weight excluding hydrogens is 183 g/mol. The van der Waals surface area contributed by atoms with Crippen LogP contribution in [0.4, 0.5) is 0 Å². The second-order valence-electron chi connectivity index (χ2n) is 2.64. The van der Waals surface area contributed by atoms with E-state index in [-0.39, 0.29) is 17.4 Å².